The van der Waals surface area contributed by atoms with Crippen molar-refractivity contribution in [2.75, 3.05) is 11.9 Å². The van der Waals surface area contributed by atoms with Gasteiger partial charge in [-0.3, -0.25) is 10.1 Å². The van der Waals surface area contributed by atoms with E-state index in [0.717, 1.165) is 22.2 Å². The molecule has 0 amide bonds. The molecule has 0 unspecified atom stereocenters. The Kier molecular flexibility index (Phi) is 4.71. The number of hydrogen-bond acceptors (Lipinski definition) is 7. The van der Waals surface area contributed by atoms with Crippen molar-refractivity contribution in [3.8, 4) is 11.4 Å². The quantitative estimate of drug-likeness (QED) is 0.512. The minimum Gasteiger partial charge on any atom is -0.353 e. The van der Waals surface area contributed by atoms with Crippen LogP contribution in [0.2, 0.25) is 0 Å². The van der Waals surface area contributed by atoms with E-state index < -0.39 is 4.92 Å². The van der Waals surface area contributed by atoms with Crippen LogP contribution in [0.3, 0.4) is 0 Å². The third kappa shape index (κ3) is 3.97. The van der Waals surface area contributed by atoms with Crippen molar-refractivity contribution in [2.45, 2.75) is 20.4 Å². The number of nitrogens with zero attached hydrogens (tertiary/aromatic N) is 5. The normalized spacial score (nSPS) is 10.7. The molecule has 0 aliphatic heterocycles. The van der Waals surface area contributed by atoms with Gasteiger partial charge in [0.2, 0.25) is 0 Å². The molecule has 3 rings (SSSR count). The molecule has 0 fully saturated rings. The van der Waals surface area contributed by atoms with Gasteiger partial charge in [-0.25, -0.2) is 15.0 Å². The van der Waals surface area contributed by atoms with E-state index in [1.807, 2.05) is 37.2 Å². The highest BCUT2D eigenvalue weighted by Gasteiger charge is 2.13. The van der Waals surface area contributed by atoms with Gasteiger partial charge in [-0.2, -0.15) is 0 Å². The van der Waals surface area contributed by atoms with E-state index in [4.69, 9.17) is 0 Å². The number of nitro groups is 1. The van der Waals surface area contributed by atoms with Gasteiger partial charge in [-0.1, -0.05) is 12.1 Å². The van der Waals surface area contributed by atoms with Crippen LogP contribution in [0.15, 0.2) is 35.7 Å². The standard InChI is InChI=1S/C17H17N5O2S/c1-11-7-15(21(3)9-16-18-12(2)10-25-16)20-17(19-11)13-5-4-6-14(8-13)22(23)24/h4-8,10H,9H2,1-3H3. The van der Waals surface area contributed by atoms with Gasteiger partial charge < -0.3 is 4.90 Å². The van der Waals surface area contributed by atoms with E-state index in [9.17, 15) is 10.1 Å². The first-order valence-corrected chi connectivity index (χ1v) is 8.53. The van der Waals surface area contributed by atoms with E-state index in [2.05, 4.69) is 15.0 Å². The highest BCUT2D eigenvalue weighted by Crippen LogP contribution is 2.24. The summed E-state index contributed by atoms with van der Waals surface area (Å²) in [6.07, 6.45) is 0. The van der Waals surface area contributed by atoms with Crippen molar-refractivity contribution in [3.05, 3.63) is 62.2 Å². The maximum atomic E-state index is 11.0. The fraction of sp³-hybridized carbons (Fsp3) is 0.235. The topological polar surface area (TPSA) is 85.0 Å². The lowest BCUT2D eigenvalue weighted by Gasteiger charge is -2.18. The maximum absolute atomic E-state index is 11.0. The molecule has 0 N–H and O–H groups in total. The Balaban J connectivity index is 1.92. The Morgan fingerprint density at radius 2 is 1.96 bits per heavy atom. The molecule has 0 atom stereocenters. The first-order valence-electron chi connectivity index (χ1n) is 7.65. The molecule has 25 heavy (non-hydrogen) atoms. The zero-order chi connectivity index (χ0) is 18.0. The first kappa shape index (κ1) is 17.0. The van der Waals surface area contributed by atoms with E-state index in [1.165, 1.54) is 12.1 Å². The summed E-state index contributed by atoms with van der Waals surface area (Å²) >= 11 is 1.61. The van der Waals surface area contributed by atoms with E-state index >= 15 is 0 Å². The minimum absolute atomic E-state index is 0.0239. The Bertz CT molecular complexity index is 925. The summed E-state index contributed by atoms with van der Waals surface area (Å²) in [4.78, 5) is 26.0. The SMILES string of the molecule is Cc1cc(N(C)Cc2nc(C)cs2)nc(-c2cccc([N+](=O)[O-])c2)n1. The molecule has 0 aliphatic rings. The average Bonchev–Trinajstić information content (AvgIpc) is 2.99. The van der Waals surface area contributed by atoms with Crippen LogP contribution >= 0.6 is 11.3 Å². The fourth-order valence-corrected chi connectivity index (χ4v) is 3.22. The maximum Gasteiger partial charge on any atom is 0.270 e. The second-order valence-corrected chi connectivity index (χ2v) is 6.68. The van der Waals surface area contributed by atoms with Crippen LogP contribution in [-0.4, -0.2) is 26.9 Å². The predicted octanol–water partition coefficient (Wildman–Crippen LogP) is 3.76. The van der Waals surface area contributed by atoms with E-state index in [0.29, 0.717) is 17.9 Å². The molecular formula is C17H17N5O2S. The molecule has 0 bridgehead atoms. The second-order valence-electron chi connectivity index (χ2n) is 5.74. The highest BCUT2D eigenvalue weighted by atomic mass is 32.1. The van der Waals surface area contributed by atoms with Gasteiger partial charge in [0.1, 0.15) is 10.8 Å². The molecule has 2 heterocycles. The lowest BCUT2D eigenvalue weighted by atomic mass is 10.2. The average molecular weight is 355 g/mol. The molecule has 8 heteroatoms. The van der Waals surface area contributed by atoms with E-state index in [-0.39, 0.29) is 5.69 Å². The summed E-state index contributed by atoms with van der Waals surface area (Å²) in [5.41, 5.74) is 2.45. The van der Waals surface area contributed by atoms with Gasteiger partial charge in [0.15, 0.2) is 5.82 Å². The van der Waals surface area contributed by atoms with Gasteiger partial charge in [0.05, 0.1) is 11.5 Å². The Morgan fingerprint density at radius 3 is 2.64 bits per heavy atom. The summed E-state index contributed by atoms with van der Waals surface area (Å²) in [5, 5.41) is 14.0. The molecule has 0 spiro atoms. The minimum atomic E-state index is -0.420. The second kappa shape index (κ2) is 6.94. The summed E-state index contributed by atoms with van der Waals surface area (Å²) in [7, 11) is 1.94. The summed E-state index contributed by atoms with van der Waals surface area (Å²) < 4.78 is 0. The zero-order valence-corrected chi connectivity index (χ0v) is 14.9. The van der Waals surface area contributed by atoms with Gasteiger partial charge in [-0.05, 0) is 13.8 Å². The molecule has 0 aliphatic carbocycles. The predicted molar refractivity (Wildman–Crippen MR) is 97.8 cm³/mol. The Morgan fingerprint density at radius 1 is 1.16 bits per heavy atom. The number of benzene rings is 1. The summed E-state index contributed by atoms with van der Waals surface area (Å²) in [5.74, 6) is 1.22. The first-order chi connectivity index (χ1) is 11.9. The summed E-state index contributed by atoms with van der Waals surface area (Å²) in [6, 6.07) is 8.25. The highest BCUT2D eigenvalue weighted by molar-refractivity contribution is 7.09. The Hall–Kier alpha value is -2.87. The molecule has 7 nitrogen and oxygen atoms in total. The van der Waals surface area contributed by atoms with Crippen molar-refractivity contribution < 1.29 is 4.92 Å². The Labute approximate surface area is 149 Å². The lowest BCUT2D eigenvalue weighted by Crippen LogP contribution is -2.18. The third-order valence-corrected chi connectivity index (χ3v) is 4.54. The number of hydrogen-bond donors (Lipinski definition) is 0. The van der Waals surface area contributed by atoms with Crippen LogP contribution in [0.5, 0.6) is 0 Å². The molecule has 0 radical (unpaired) electrons. The van der Waals surface area contributed by atoms with Crippen molar-refractivity contribution in [1.29, 1.82) is 0 Å². The van der Waals surface area contributed by atoms with Crippen molar-refractivity contribution in [3.63, 3.8) is 0 Å². The molecule has 3 aromatic rings. The number of aromatic nitrogens is 3. The molecule has 2 aromatic heterocycles. The van der Waals surface area contributed by atoms with Crippen molar-refractivity contribution in [2.24, 2.45) is 0 Å². The molecule has 1 aromatic carbocycles. The summed E-state index contributed by atoms with van der Waals surface area (Å²) in [6.45, 7) is 4.49. The zero-order valence-electron chi connectivity index (χ0n) is 14.1. The van der Waals surface area contributed by atoms with Crippen LogP contribution in [0.1, 0.15) is 16.4 Å². The number of rotatable bonds is 5. The van der Waals surface area contributed by atoms with Crippen molar-refractivity contribution in [1.82, 2.24) is 15.0 Å². The molecule has 0 saturated carbocycles. The number of anilines is 1. The van der Waals surface area contributed by atoms with Crippen LogP contribution in [-0.2, 0) is 6.54 Å². The van der Waals surface area contributed by atoms with Crippen molar-refractivity contribution >= 4 is 22.8 Å². The van der Waals surface area contributed by atoms with Crippen LogP contribution in [0, 0.1) is 24.0 Å². The molecule has 128 valence electrons. The van der Waals surface area contributed by atoms with Crippen LogP contribution in [0.4, 0.5) is 11.5 Å². The number of non-ortho nitro benzene ring substituents is 1. The smallest absolute Gasteiger partial charge is 0.270 e. The van der Waals surface area contributed by atoms with Crippen LogP contribution < -0.4 is 4.90 Å². The van der Waals surface area contributed by atoms with Gasteiger partial charge in [0, 0.05) is 47.6 Å². The number of nitro benzene ring substituents is 1. The molecular weight excluding hydrogens is 338 g/mol. The molecule has 0 saturated heterocycles. The fourth-order valence-electron chi connectivity index (χ4n) is 2.39. The number of thiazole rings is 1. The van der Waals surface area contributed by atoms with Gasteiger partial charge >= 0.3 is 0 Å². The monoisotopic (exact) mass is 355 g/mol. The largest absolute Gasteiger partial charge is 0.353 e. The third-order valence-electron chi connectivity index (χ3n) is 3.59. The number of aryl methyl sites for hydroxylation is 2. The van der Waals surface area contributed by atoms with E-state index in [1.54, 1.807) is 23.5 Å². The van der Waals surface area contributed by atoms with Gasteiger partial charge in [-0.15, -0.1) is 11.3 Å². The lowest BCUT2D eigenvalue weighted by molar-refractivity contribution is -0.384. The van der Waals surface area contributed by atoms with Crippen LogP contribution in [0.25, 0.3) is 11.4 Å². The van der Waals surface area contributed by atoms with Gasteiger partial charge in [0.25, 0.3) is 5.69 Å².